The van der Waals surface area contributed by atoms with Gasteiger partial charge in [-0.05, 0) is 38.5 Å². The summed E-state index contributed by atoms with van der Waals surface area (Å²) in [7, 11) is 0. The lowest BCUT2D eigenvalue weighted by Crippen LogP contribution is -2.54. The standard InChI is InChI=1S/C16H28N2O2S/c1-3-15(4-2)11-12(7-10-20-15)18-14(19)16(13(17)21)8-5-6-9-16/h12H,3-11H2,1-2H3,(H2,17,21)(H,18,19). The van der Waals surface area contributed by atoms with Crippen LogP contribution >= 0.6 is 12.2 Å². The number of ether oxygens (including phenoxy) is 1. The van der Waals surface area contributed by atoms with Gasteiger partial charge in [-0.25, -0.2) is 0 Å². The molecule has 1 aliphatic carbocycles. The maximum absolute atomic E-state index is 12.7. The number of rotatable bonds is 5. The Labute approximate surface area is 133 Å². The number of nitrogens with one attached hydrogen (secondary N) is 1. The third-order valence-corrected chi connectivity index (χ3v) is 5.87. The van der Waals surface area contributed by atoms with E-state index in [-0.39, 0.29) is 17.6 Å². The molecule has 1 unspecified atom stereocenters. The Balaban J connectivity index is 2.03. The molecule has 120 valence electrons. The Morgan fingerprint density at radius 2 is 1.95 bits per heavy atom. The number of thiocarbonyl (C=S) groups is 1. The highest BCUT2D eigenvalue weighted by atomic mass is 32.1. The van der Waals surface area contributed by atoms with Crippen LogP contribution in [-0.4, -0.2) is 29.1 Å². The first-order valence-electron chi connectivity index (χ1n) is 8.23. The van der Waals surface area contributed by atoms with E-state index in [4.69, 9.17) is 22.7 Å². The summed E-state index contributed by atoms with van der Waals surface area (Å²) in [5, 5.41) is 3.22. The van der Waals surface area contributed by atoms with Gasteiger partial charge in [-0.15, -0.1) is 0 Å². The lowest BCUT2D eigenvalue weighted by Gasteiger charge is -2.41. The number of hydrogen-bond acceptors (Lipinski definition) is 3. The van der Waals surface area contributed by atoms with Gasteiger partial charge in [0.1, 0.15) is 0 Å². The van der Waals surface area contributed by atoms with Gasteiger partial charge in [0.05, 0.1) is 16.0 Å². The third kappa shape index (κ3) is 3.24. The van der Waals surface area contributed by atoms with Crippen LogP contribution in [0.3, 0.4) is 0 Å². The quantitative estimate of drug-likeness (QED) is 0.766. The minimum atomic E-state index is -0.602. The van der Waals surface area contributed by atoms with Gasteiger partial charge >= 0.3 is 0 Å². The van der Waals surface area contributed by atoms with Gasteiger partial charge in [0.15, 0.2) is 0 Å². The highest BCUT2D eigenvalue weighted by Gasteiger charge is 2.45. The smallest absolute Gasteiger partial charge is 0.233 e. The van der Waals surface area contributed by atoms with Crippen LogP contribution in [0.5, 0.6) is 0 Å². The van der Waals surface area contributed by atoms with Gasteiger partial charge in [-0.1, -0.05) is 38.9 Å². The van der Waals surface area contributed by atoms with Crippen LogP contribution < -0.4 is 11.1 Å². The predicted molar refractivity (Wildman–Crippen MR) is 88.1 cm³/mol. The largest absolute Gasteiger partial charge is 0.392 e. The van der Waals surface area contributed by atoms with Crippen LogP contribution in [-0.2, 0) is 9.53 Å². The molecule has 1 saturated heterocycles. The summed E-state index contributed by atoms with van der Waals surface area (Å²) in [5.74, 6) is 0.0421. The first-order chi connectivity index (χ1) is 9.98. The number of hydrogen-bond donors (Lipinski definition) is 2. The van der Waals surface area contributed by atoms with Crippen molar-refractivity contribution in [2.24, 2.45) is 11.1 Å². The zero-order valence-electron chi connectivity index (χ0n) is 13.2. The second-order valence-electron chi connectivity index (χ2n) is 6.56. The highest BCUT2D eigenvalue weighted by Crippen LogP contribution is 2.39. The topological polar surface area (TPSA) is 64.4 Å². The number of nitrogens with two attached hydrogens (primary N) is 1. The molecule has 1 atom stereocenters. The fourth-order valence-electron chi connectivity index (χ4n) is 3.78. The van der Waals surface area contributed by atoms with Crippen molar-refractivity contribution in [1.82, 2.24) is 5.32 Å². The van der Waals surface area contributed by atoms with E-state index in [1.165, 1.54) is 0 Å². The van der Waals surface area contributed by atoms with Crippen molar-refractivity contribution >= 4 is 23.1 Å². The van der Waals surface area contributed by atoms with E-state index in [0.29, 0.717) is 11.6 Å². The molecule has 0 aromatic carbocycles. The number of carbonyl (C=O) groups excluding carboxylic acids is 1. The summed E-state index contributed by atoms with van der Waals surface area (Å²) in [6, 6.07) is 0.179. The molecular formula is C16H28N2O2S. The summed E-state index contributed by atoms with van der Waals surface area (Å²) in [6.45, 7) is 5.02. The Hall–Kier alpha value is -0.680. The minimum absolute atomic E-state index is 0.0421. The lowest BCUT2D eigenvalue weighted by molar-refractivity contribution is -0.131. The fourth-order valence-corrected chi connectivity index (χ4v) is 4.08. The summed E-state index contributed by atoms with van der Waals surface area (Å²) >= 11 is 5.19. The highest BCUT2D eigenvalue weighted by molar-refractivity contribution is 7.80. The lowest BCUT2D eigenvalue weighted by atomic mass is 9.82. The summed E-state index contributed by atoms with van der Waals surface area (Å²) < 4.78 is 5.97. The van der Waals surface area contributed by atoms with Crippen LogP contribution in [0.1, 0.15) is 65.2 Å². The summed E-state index contributed by atoms with van der Waals surface area (Å²) in [6.07, 6.45) is 7.39. The van der Waals surface area contributed by atoms with Gasteiger partial charge in [0.25, 0.3) is 0 Å². The monoisotopic (exact) mass is 312 g/mol. The molecule has 1 heterocycles. The van der Waals surface area contributed by atoms with Crippen LogP contribution in [0, 0.1) is 5.41 Å². The molecule has 0 aromatic heterocycles. The minimum Gasteiger partial charge on any atom is -0.392 e. The van der Waals surface area contributed by atoms with Gasteiger partial charge in [-0.2, -0.15) is 0 Å². The Bertz CT molecular complexity index is 401. The molecule has 0 bridgehead atoms. The number of amides is 1. The van der Waals surface area contributed by atoms with Crippen molar-refractivity contribution in [3.63, 3.8) is 0 Å². The SMILES string of the molecule is CCC1(CC)CC(NC(=O)C2(C(N)=S)CCCC2)CCO1. The molecule has 1 aliphatic heterocycles. The van der Waals surface area contributed by atoms with E-state index in [1.807, 2.05) is 0 Å². The Kier molecular flexibility index (Phi) is 5.25. The van der Waals surface area contributed by atoms with Gasteiger partial charge < -0.3 is 15.8 Å². The molecule has 2 aliphatic rings. The fraction of sp³-hybridized carbons (Fsp3) is 0.875. The molecule has 0 aromatic rings. The molecular weight excluding hydrogens is 284 g/mol. The first-order valence-corrected chi connectivity index (χ1v) is 8.64. The van der Waals surface area contributed by atoms with Crippen LogP contribution in [0.25, 0.3) is 0 Å². The zero-order valence-corrected chi connectivity index (χ0v) is 14.1. The second kappa shape index (κ2) is 6.61. The van der Waals surface area contributed by atoms with E-state index in [0.717, 1.165) is 51.4 Å². The molecule has 2 rings (SSSR count). The van der Waals surface area contributed by atoms with Crippen molar-refractivity contribution < 1.29 is 9.53 Å². The van der Waals surface area contributed by atoms with Gasteiger partial charge in [-0.3, -0.25) is 4.79 Å². The van der Waals surface area contributed by atoms with E-state index in [1.54, 1.807) is 0 Å². The molecule has 3 N–H and O–H groups in total. The molecule has 4 nitrogen and oxygen atoms in total. The summed E-state index contributed by atoms with van der Waals surface area (Å²) in [5.41, 5.74) is 5.21. The van der Waals surface area contributed by atoms with Crippen LogP contribution in [0.4, 0.5) is 0 Å². The maximum Gasteiger partial charge on any atom is 0.233 e. The van der Waals surface area contributed by atoms with Crippen molar-refractivity contribution in [3.05, 3.63) is 0 Å². The van der Waals surface area contributed by atoms with Crippen LogP contribution in [0.15, 0.2) is 0 Å². The van der Waals surface area contributed by atoms with E-state index >= 15 is 0 Å². The third-order valence-electron chi connectivity index (χ3n) is 5.48. The van der Waals surface area contributed by atoms with Crippen molar-refractivity contribution in [3.8, 4) is 0 Å². The molecule has 5 heteroatoms. The molecule has 2 fully saturated rings. The van der Waals surface area contributed by atoms with E-state index in [9.17, 15) is 4.79 Å². The molecule has 1 saturated carbocycles. The zero-order chi connectivity index (χ0) is 15.5. The average Bonchev–Trinajstić information content (AvgIpc) is 2.98. The normalized spacial score (nSPS) is 27.2. The van der Waals surface area contributed by atoms with E-state index < -0.39 is 5.41 Å². The van der Waals surface area contributed by atoms with Gasteiger partial charge in [0, 0.05) is 12.6 Å². The summed E-state index contributed by atoms with van der Waals surface area (Å²) in [4.78, 5) is 13.1. The Morgan fingerprint density at radius 1 is 1.33 bits per heavy atom. The van der Waals surface area contributed by atoms with Crippen molar-refractivity contribution in [2.45, 2.75) is 76.9 Å². The first kappa shape index (κ1) is 16.7. The van der Waals surface area contributed by atoms with Crippen molar-refractivity contribution in [2.75, 3.05) is 6.61 Å². The maximum atomic E-state index is 12.7. The predicted octanol–water partition coefficient (Wildman–Crippen LogP) is 2.69. The average molecular weight is 312 g/mol. The Morgan fingerprint density at radius 3 is 2.48 bits per heavy atom. The van der Waals surface area contributed by atoms with Crippen LogP contribution in [0.2, 0.25) is 0 Å². The van der Waals surface area contributed by atoms with E-state index in [2.05, 4.69) is 19.2 Å². The van der Waals surface area contributed by atoms with Gasteiger partial charge in [0.2, 0.25) is 5.91 Å². The molecule has 0 spiro atoms. The second-order valence-corrected chi connectivity index (χ2v) is 7.00. The molecule has 21 heavy (non-hydrogen) atoms. The number of carbonyl (C=O) groups is 1. The molecule has 0 radical (unpaired) electrons. The van der Waals surface area contributed by atoms with Crippen molar-refractivity contribution in [1.29, 1.82) is 0 Å². The molecule has 1 amide bonds.